The zero-order valence-corrected chi connectivity index (χ0v) is 14.6. The van der Waals surface area contributed by atoms with E-state index >= 15 is 0 Å². The SMILES string of the molecule is Cc1cnc(N2CCc3nc(-c4ccccc4)nc(C)c3CC2)nc1. The summed E-state index contributed by atoms with van der Waals surface area (Å²) in [5, 5.41) is 0. The van der Waals surface area contributed by atoms with Gasteiger partial charge in [0.2, 0.25) is 5.95 Å². The Labute approximate surface area is 147 Å². The Morgan fingerprint density at radius 3 is 2.36 bits per heavy atom. The summed E-state index contributed by atoms with van der Waals surface area (Å²) in [4.78, 5) is 20.8. The van der Waals surface area contributed by atoms with E-state index in [0.717, 1.165) is 60.2 Å². The quantitative estimate of drug-likeness (QED) is 0.722. The van der Waals surface area contributed by atoms with Gasteiger partial charge in [-0.25, -0.2) is 19.9 Å². The van der Waals surface area contributed by atoms with Crippen molar-refractivity contribution >= 4 is 5.95 Å². The van der Waals surface area contributed by atoms with Gasteiger partial charge in [0, 0.05) is 48.9 Å². The van der Waals surface area contributed by atoms with Gasteiger partial charge < -0.3 is 4.90 Å². The zero-order chi connectivity index (χ0) is 17.2. The van der Waals surface area contributed by atoms with E-state index in [4.69, 9.17) is 9.97 Å². The molecule has 2 aromatic heterocycles. The molecule has 0 N–H and O–H groups in total. The van der Waals surface area contributed by atoms with Crippen molar-refractivity contribution < 1.29 is 0 Å². The maximum Gasteiger partial charge on any atom is 0.225 e. The van der Waals surface area contributed by atoms with E-state index in [1.165, 1.54) is 5.56 Å². The highest BCUT2D eigenvalue weighted by Crippen LogP contribution is 2.23. The van der Waals surface area contributed by atoms with Crippen molar-refractivity contribution in [2.24, 2.45) is 0 Å². The fraction of sp³-hybridized carbons (Fsp3) is 0.300. The number of nitrogens with zero attached hydrogens (tertiary/aromatic N) is 5. The standard InChI is InChI=1S/C20H21N5/c1-14-12-21-20(22-13-14)25-10-8-17-15(2)23-19(24-18(17)9-11-25)16-6-4-3-5-7-16/h3-7,12-13H,8-11H2,1-2H3. The minimum absolute atomic E-state index is 0.798. The molecule has 3 heterocycles. The van der Waals surface area contributed by atoms with Crippen LogP contribution in [-0.4, -0.2) is 33.0 Å². The molecule has 0 atom stereocenters. The minimum atomic E-state index is 0.798. The number of rotatable bonds is 2. The van der Waals surface area contributed by atoms with E-state index in [1.54, 1.807) is 0 Å². The molecule has 1 aliphatic heterocycles. The number of aryl methyl sites for hydroxylation is 2. The highest BCUT2D eigenvalue weighted by atomic mass is 15.2. The van der Waals surface area contributed by atoms with E-state index in [9.17, 15) is 0 Å². The lowest BCUT2D eigenvalue weighted by Gasteiger charge is -2.19. The van der Waals surface area contributed by atoms with Crippen LogP contribution in [0.1, 0.15) is 22.5 Å². The summed E-state index contributed by atoms with van der Waals surface area (Å²) in [6, 6.07) is 10.2. The van der Waals surface area contributed by atoms with E-state index in [2.05, 4.69) is 33.9 Å². The molecular weight excluding hydrogens is 310 g/mol. The van der Waals surface area contributed by atoms with Gasteiger partial charge in [-0.3, -0.25) is 0 Å². The van der Waals surface area contributed by atoms with Gasteiger partial charge in [0.25, 0.3) is 0 Å². The molecule has 0 saturated heterocycles. The fourth-order valence-electron chi connectivity index (χ4n) is 3.25. The van der Waals surface area contributed by atoms with Crippen molar-refractivity contribution in [3.63, 3.8) is 0 Å². The highest BCUT2D eigenvalue weighted by molar-refractivity contribution is 5.55. The Hall–Kier alpha value is -2.82. The lowest BCUT2D eigenvalue weighted by Crippen LogP contribution is -2.27. The average molecular weight is 331 g/mol. The summed E-state index contributed by atoms with van der Waals surface area (Å²) >= 11 is 0. The van der Waals surface area contributed by atoms with Crippen LogP contribution < -0.4 is 4.90 Å². The molecule has 0 amide bonds. The molecule has 0 aliphatic carbocycles. The van der Waals surface area contributed by atoms with Crippen LogP contribution in [0, 0.1) is 13.8 Å². The number of anilines is 1. The van der Waals surface area contributed by atoms with Crippen LogP contribution in [0.15, 0.2) is 42.7 Å². The van der Waals surface area contributed by atoms with Crippen LogP contribution >= 0.6 is 0 Å². The molecule has 5 heteroatoms. The van der Waals surface area contributed by atoms with Crippen molar-refractivity contribution in [3.8, 4) is 11.4 Å². The largest absolute Gasteiger partial charge is 0.340 e. The van der Waals surface area contributed by atoms with E-state index in [0.29, 0.717) is 0 Å². The van der Waals surface area contributed by atoms with Crippen molar-refractivity contribution in [2.75, 3.05) is 18.0 Å². The fourth-order valence-corrected chi connectivity index (χ4v) is 3.25. The van der Waals surface area contributed by atoms with Gasteiger partial charge in [0.15, 0.2) is 5.82 Å². The lowest BCUT2D eigenvalue weighted by molar-refractivity contribution is 0.768. The van der Waals surface area contributed by atoms with Crippen molar-refractivity contribution in [1.82, 2.24) is 19.9 Å². The molecule has 25 heavy (non-hydrogen) atoms. The number of fused-ring (bicyclic) bond motifs is 1. The molecule has 0 fully saturated rings. The lowest BCUT2D eigenvalue weighted by atomic mass is 10.1. The van der Waals surface area contributed by atoms with Crippen LogP contribution in [-0.2, 0) is 12.8 Å². The van der Waals surface area contributed by atoms with E-state index in [1.807, 2.05) is 37.5 Å². The number of aromatic nitrogens is 4. The van der Waals surface area contributed by atoms with Gasteiger partial charge >= 0.3 is 0 Å². The van der Waals surface area contributed by atoms with Gasteiger partial charge in [0.05, 0.1) is 0 Å². The smallest absolute Gasteiger partial charge is 0.225 e. The Bertz CT molecular complexity index is 875. The van der Waals surface area contributed by atoms with Crippen molar-refractivity contribution in [2.45, 2.75) is 26.7 Å². The van der Waals surface area contributed by atoms with Crippen LogP contribution in [0.5, 0.6) is 0 Å². The topological polar surface area (TPSA) is 54.8 Å². The van der Waals surface area contributed by atoms with E-state index < -0.39 is 0 Å². The number of hydrogen-bond donors (Lipinski definition) is 0. The van der Waals surface area contributed by atoms with E-state index in [-0.39, 0.29) is 0 Å². The van der Waals surface area contributed by atoms with Crippen LogP contribution in [0.25, 0.3) is 11.4 Å². The summed E-state index contributed by atoms with van der Waals surface area (Å²) in [7, 11) is 0. The van der Waals surface area contributed by atoms with Crippen molar-refractivity contribution in [3.05, 3.63) is 65.2 Å². The number of hydrogen-bond acceptors (Lipinski definition) is 5. The maximum absolute atomic E-state index is 4.87. The molecule has 0 radical (unpaired) electrons. The Morgan fingerprint density at radius 1 is 0.880 bits per heavy atom. The third-order valence-electron chi connectivity index (χ3n) is 4.63. The van der Waals surface area contributed by atoms with Gasteiger partial charge in [-0.1, -0.05) is 30.3 Å². The normalized spacial score (nSPS) is 14.1. The molecule has 0 spiro atoms. The van der Waals surface area contributed by atoms with Gasteiger partial charge in [0.1, 0.15) is 0 Å². The Morgan fingerprint density at radius 2 is 1.60 bits per heavy atom. The molecule has 0 bridgehead atoms. The molecule has 5 nitrogen and oxygen atoms in total. The van der Waals surface area contributed by atoms with Gasteiger partial charge in [-0.05, 0) is 31.4 Å². The Balaban J connectivity index is 1.63. The molecule has 0 saturated carbocycles. The monoisotopic (exact) mass is 331 g/mol. The summed E-state index contributed by atoms with van der Waals surface area (Å²) in [6.07, 6.45) is 5.56. The predicted molar refractivity (Wildman–Crippen MR) is 98.6 cm³/mol. The molecular formula is C20H21N5. The van der Waals surface area contributed by atoms with Crippen LogP contribution in [0.4, 0.5) is 5.95 Å². The molecule has 126 valence electrons. The molecule has 3 aromatic rings. The first kappa shape index (κ1) is 15.7. The summed E-state index contributed by atoms with van der Waals surface area (Å²) in [5.74, 6) is 1.61. The summed E-state index contributed by atoms with van der Waals surface area (Å²) in [5.41, 5.74) is 5.65. The third-order valence-corrected chi connectivity index (χ3v) is 4.63. The van der Waals surface area contributed by atoms with Gasteiger partial charge in [-0.15, -0.1) is 0 Å². The van der Waals surface area contributed by atoms with Crippen LogP contribution in [0.3, 0.4) is 0 Å². The second kappa shape index (κ2) is 6.59. The second-order valence-corrected chi connectivity index (χ2v) is 6.47. The maximum atomic E-state index is 4.87. The van der Waals surface area contributed by atoms with Crippen LogP contribution in [0.2, 0.25) is 0 Å². The zero-order valence-electron chi connectivity index (χ0n) is 14.6. The first-order valence-electron chi connectivity index (χ1n) is 8.66. The average Bonchev–Trinajstić information content (AvgIpc) is 2.86. The van der Waals surface area contributed by atoms with Gasteiger partial charge in [-0.2, -0.15) is 0 Å². The Kier molecular flexibility index (Phi) is 4.14. The van der Waals surface area contributed by atoms with Crippen molar-refractivity contribution in [1.29, 1.82) is 0 Å². The first-order valence-corrected chi connectivity index (χ1v) is 8.66. The molecule has 0 unspecified atom stereocenters. The minimum Gasteiger partial charge on any atom is -0.340 e. The molecule has 1 aliphatic rings. The molecule has 1 aromatic carbocycles. The summed E-state index contributed by atoms with van der Waals surface area (Å²) < 4.78 is 0. The second-order valence-electron chi connectivity index (χ2n) is 6.47. The number of benzene rings is 1. The predicted octanol–water partition coefficient (Wildman–Crippen LogP) is 3.16. The summed E-state index contributed by atoms with van der Waals surface area (Å²) in [6.45, 7) is 5.86. The first-order chi connectivity index (χ1) is 12.2. The molecule has 4 rings (SSSR count). The third kappa shape index (κ3) is 3.22. The highest BCUT2D eigenvalue weighted by Gasteiger charge is 2.20.